The maximum Gasteiger partial charge on any atom is 0.328 e. The van der Waals surface area contributed by atoms with Gasteiger partial charge in [0.05, 0.1) is 5.52 Å². The third kappa shape index (κ3) is 6.17. The summed E-state index contributed by atoms with van der Waals surface area (Å²) >= 11 is 0. The molecule has 6 nitrogen and oxygen atoms in total. The van der Waals surface area contributed by atoms with Crippen LogP contribution in [0.1, 0.15) is 0 Å². The lowest BCUT2D eigenvalue weighted by Crippen LogP contribution is -2.17. The van der Waals surface area contributed by atoms with Gasteiger partial charge in [-0.05, 0) is 26.2 Å². The molecule has 0 aliphatic heterocycles. The van der Waals surface area contributed by atoms with E-state index in [1.54, 1.807) is 12.3 Å². The monoisotopic (exact) mass is 340 g/mol. The normalized spacial score (nSPS) is 10.9. The number of carbonyl (C=O) groups is 2. The van der Waals surface area contributed by atoms with Crippen molar-refractivity contribution in [2.24, 2.45) is 0 Å². The zero-order valence-corrected chi connectivity index (χ0v) is 13.2. The van der Waals surface area contributed by atoms with Crippen LogP contribution < -0.4 is 0 Å². The first-order valence-electron chi connectivity index (χ1n) is 6.93. The van der Waals surface area contributed by atoms with Crippen LogP contribution in [0.4, 0.5) is 8.78 Å². The molecular formula is C16H18F2N2O4. The van der Waals surface area contributed by atoms with Gasteiger partial charge in [-0.2, -0.15) is 0 Å². The summed E-state index contributed by atoms with van der Waals surface area (Å²) in [6, 6.07) is 3.96. The zero-order chi connectivity index (χ0) is 18.3. The van der Waals surface area contributed by atoms with Crippen molar-refractivity contribution in [1.82, 2.24) is 9.47 Å². The fraction of sp³-hybridized carbons (Fsp3) is 0.250. The fourth-order valence-electron chi connectivity index (χ4n) is 1.86. The number of benzene rings is 1. The number of aliphatic carboxylic acids is 2. The molecule has 2 rings (SSSR count). The van der Waals surface area contributed by atoms with Crippen molar-refractivity contribution in [3.8, 4) is 0 Å². The number of rotatable bonds is 5. The highest BCUT2D eigenvalue weighted by Gasteiger charge is 2.08. The summed E-state index contributed by atoms with van der Waals surface area (Å²) in [5.74, 6) is -3.55. The smallest absolute Gasteiger partial charge is 0.328 e. The first kappa shape index (κ1) is 19.3. The summed E-state index contributed by atoms with van der Waals surface area (Å²) in [4.78, 5) is 21.1. The highest BCUT2D eigenvalue weighted by molar-refractivity contribution is 5.89. The predicted molar refractivity (Wildman–Crippen MR) is 84.8 cm³/mol. The van der Waals surface area contributed by atoms with E-state index in [2.05, 4.69) is 0 Å². The van der Waals surface area contributed by atoms with Crippen molar-refractivity contribution in [3.63, 3.8) is 0 Å². The molecule has 0 spiro atoms. The molecule has 2 N–H and O–H groups in total. The summed E-state index contributed by atoms with van der Waals surface area (Å²) in [7, 11) is 3.93. The Hall–Kier alpha value is -2.74. The Morgan fingerprint density at radius 2 is 1.75 bits per heavy atom. The van der Waals surface area contributed by atoms with Crippen molar-refractivity contribution >= 4 is 22.8 Å². The molecule has 0 bridgehead atoms. The van der Waals surface area contributed by atoms with Gasteiger partial charge in [-0.15, -0.1) is 0 Å². The quantitative estimate of drug-likeness (QED) is 0.816. The van der Waals surface area contributed by atoms with Crippen LogP contribution in [-0.2, 0) is 16.1 Å². The van der Waals surface area contributed by atoms with Crippen LogP contribution in [0.25, 0.3) is 10.9 Å². The lowest BCUT2D eigenvalue weighted by molar-refractivity contribution is -0.134. The van der Waals surface area contributed by atoms with Crippen molar-refractivity contribution in [2.75, 3.05) is 20.6 Å². The summed E-state index contributed by atoms with van der Waals surface area (Å²) in [5.41, 5.74) is 0.611. The molecule has 1 aromatic heterocycles. The van der Waals surface area contributed by atoms with Crippen LogP contribution in [0.3, 0.4) is 0 Å². The lowest BCUT2D eigenvalue weighted by atomic mass is 10.2. The minimum atomic E-state index is -1.26. The Balaban J connectivity index is 0.000000307. The summed E-state index contributed by atoms with van der Waals surface area (Å²) in [6.45, 7) is 1.56. The number of nitrogens with zero attached hydrogens (tertiary/aromatic N) is 2. The van der Waals surface area contributed by atoms with Crippen LogP contribution in [-0.4, -0.2) is 52.3 Å². The zero-order valence-electron chi connectivity index (χ0n) is 13.2. The fourth-order valence-corrected chi connectivity index (χ4v) is 1.86. The molecule has 0 aliphatic rings. The van der Waals surface area contributed by atoms with E-state index in [0.717, 1.165) is 19.2 Å². The van der Waals surface area contributed by atoms with Gasteiger partial charge in [-0.1, -0.05) is 0 Å². The Morgan fingerprint density at radius 3 is 2.25 bits per heavy atom. The number of fused-ring (bicyclic) bond motifs is 1. The van der Waals surface area contributed by atoms with Crippen LogP contribution in [0.15, 0.2) is 36.5 Å². The van der Waals surface area contributed by atoms with E-state index in [4.69, 9.17) is 10.2 Å². The number of likely N-dealkylation sites (N-methyl/N-ethyl adjacent to an activating group) is 1. The molecule has 130 valence electrons. The van der Waals surface area contributed by atoms with Crippen molar-refractivity contribution < 1.29 is 28.6 Å². The molecule has 0 saturated heterocycles. The average Bonchev–Trinajstić information content (AvgIpc) is 2.87. The molecule has 24 heavy (non-hydrogen) atoms. The third-order valence-electron chi connectivity index (χ3n) is 2.96. The van der Waals surface area contributed by atoms with Crippen molar-refractivity contribution in [2.45, 2.75) is 6.54 Å². The maximum absolute atomic E-state index is 13.4. The van der Waals surface area contributed by atoms with Gasteiger partial charge < -0.3 is 19.7 Å². The molecule has 0 aliphatic carbocycles. The second-order valence-electron chi connectivity index (χ2n) is 5.14. The highest BCUT2D eigenvalue weighted by atomic mass is 19.1. The lowest BCUT2D eigenvalue weighted by Gasteiger charge is -2.11. The summed E-state index contributed by atoms with van der Waals surface area (Å²) < 4.78 is 28.3. The van der Waals surface area contributed by atoms with Crippen molar-refractivity contribution in [3.05, 3.63) is 48.2 Å². The molecule has 0 radical (unpaired) electrons. The second-order valence-corrected chi connectivity index (χ2v) is 5.14. The number of carboxylic acids is 2. The van der Waals surface area contributed by atoms with Crippen LogP contribution in [0.2, 0.25) is 0 Å². The van der Waals surface area contributed by atoms with Gasteiger partial charge in [0.25, 0.3) is 0 Å². The van der Waals surface area contributed by atoms with Gasteiger partial charge in [-0.25, -0.2) is 18.4 Å². The number of carboxylic acid groups (broad SMARTS) is 2. The number of halogens is 2. The molecule has 0 amide bonds. The standard InChI is InChI=1S/C12H14F2N2.C4H4O4/c1-15(2)5-6-16-4-3-10-11(14)7-9(13)8-12(10)16;5-3(6)1-2-4(7)8/h3-4,7-8H,5-6H2,1-2H3;1-2H,(H,5,6)(H,7,8)/b;2-1+. The highest BCUT2D eigenvalue weighted by Crippen LogP contribution is 2.20. The minimum Gasteiger partial charge on any atom is -0.478 e. The maximum atomic E-state index is 13.4. The second kappa shape index (κ2) is 8.78. The van der Waals surface area contributed by atoms with Gasteiger partial charge >= 0.3 is 11.9 Å². The van der Waals surface area contributed by atoms with E-state index in [9.17, 15) is 18.4 Å². The molecular weight excluding hydrogens is 322 g/mol. The molecule has 0 unspecified atom stereocenters. The van der Waals surface area contributed by atoms with E-state index in [-0.39, 0.29) is 0 Å². The van der Waals surface area contributed by atoms with Gasteiger partial charge in [-0.3, -0.25) is 0 Å². The molecule has 2 aromatic rings. The largest absolute Gasteiger partial charge is 0.478 e. The van der Waals surface area contributed by atoms with Gasteiger partial charge in [0.1, 0.15) is 11.6 Å². The molecule has 0 fully saturated rings. The number of aromatic nitrogens is 1. The molecule has 1 aromatic carbocycles. The van der Waals surface area contributed by atoms with E-state index < -0.39 is 23.6 Å². The number of hydrogen-bond donors (Lipinski definition) is 2. The van der Waals surface area contributed by atoms with E-state index in [1.165, 1.54) is 6.07 Å². The van der Waals surface area contributed by atoms with Gasteiger partial charge in [0.15, 0.2) is 0 Å². The van der Waals surface area contributed by atoms with Crippen LogP contribution >= 0.6 is 0 Å². The average molecular weight is 340 g/mol. The third-order valence-corrected chi connectivity index (χ3v) is 2.96. The minimum absolute atomic E-state index is 0.472. The topological polar surface area (TPSA) is 82.8 Å². The van der Waals surface area contributed by atoms with Crippen molar-refractivity contribution in [1.29, 1.82) is 0 Å². The Kier molecular flexibility index (Phi) is 7.06. The van der Waals surface area contributed by atoms with E-state index in [1.807, 2.05) is 23.6 Å². The first-order chi connectivity index (χ1) is 11.2. The Morgan fingerprint density at radius 1 is 1.17 bits per heavy atom. The Bertz CT molecular complexity index is 738. The van der Waals surface area contributed by atoms with E-state index in [0.29, 0.717) is 23.1 Å². The SMILES string of the molecule is CN(C)CCn1ccc2c(F)cc(F)cc21.O=C(O)/C=C/C(=O)O. The van der Waals surface area contributed by atoms with Gasteiger partial charge in [0, 0.05) is 42.9 Å². The molecule has 1 heterocycles. The predicted octanol–water partition coefficient (Wildman–Crippen LogP) is 2.19. The summed E-state index contributed by atoms with van der Waals surface area (Å²) in [6.07, 6.45) is 2.90. The van der Waals surface area contributed by atoms with Crippen LogP contribution in [0.5, 0.6) is 0 Å². The Labute approximate surface area is 137 Å². The van der Waals surface area contributed by atoms with E-state index >= 15 is 0 Å². The molecule has 0 saturated carbocycles. The summed E-state index contributed by atoms with van der Waals surface area (Å²) in [5, 5.41) is 16.1. The molecule has 0 atom stereocenters. The first-order valence-corrected chi connectivity index (χ1v) is 6.93. The number of hydrogen-bond acceptors (Lipinski definition) is 3. The molecule has 8 heteroatoms. The van der Waals surface area contributed by atoms with Gasteiger partial charge in [0.2, 0.25) is 0 Å². The van der Waals surface area contributed by atoms with Crippen LogP contribution in [0, 0.1) is 11.6 Å².